The predicted octanol–water partition coefficient (Wildman–Crippen LogP) is 1.29. The van der Waals surface area contributed by atoms with Gasteiger partial charge in [0.15, 0.2) is 0 Å². The summed E-state index contributed by atoms with van der Waals surface area (Å²) in [5, 5.41) is 15.9. The van der Waals surface area contributed by atoms with Gasteiger partial charge < -0.3 is 10.2 Å². The number of carboxylic acids is 2. The zero-order valence-corrected chi connectivity index (χ0v) is 7.19. The van der Waals surface area contributed by atoms with Crippen molar-refractivity contribution in [3.8, 4) is 0 Å². The van der Waals surface area contributed by atoms with E-state index in [-0.39, 0.29) is 0 Å². The average Bonchev–Trinajstić information content (AvgIpc) is 2.86. The first-order valence-electron chi connectivity index (χ1n) is 3.76. The highest BCUT2D eigenvalue weighted by Gasteiger charge is 2.28. The predicted molar refractivity (Wildman–Crippen MR) is 47.3 cm³/mol. The molecule has 72 valence electrons. The SMILES string of the molecule is C=C(C(=O)O)C1CC1.C=CC(=O)O. The molecule has 0 aromatic carbocycles. The highest BCUT2D eigenvalue weighted by molar-refractivity contribution is 5.86. The first-order chi connectivity index (χ1) is 5.99. The largest absolute Gasteiger partial charge is 0.478 e. The van der Waals surface area contributed by atoms with E-state index < -0.39 is 11.9 Å². The molecular weight excluding hydrogens is 172 g/mol. The van der Waals surface area contributed by atoms with Crippen LogP contribution in [0.2, 0.25) is 0 Å². The average molecular weight is 184 g/mol. The Morgan fingerprint density at radius 2 is 1.69 bits per heavy atom. The van der Waals surface area contributed by atoms with E-state index in [4.69, 9.17) is 10.2 Å². The molecule has 0 radical (unpaired) electrons. The fraction of sp³-hybridized carbons (Fsp3) is 0.333. The van der Waals surface area contributed by atoms with Crippen molar-refractivity contribution in [2.24, 2.45) is 5.92 Å². The van der Waals surface area contributed by atoms with Gasteiger partial charge in [0.25, 0.3) is 0 Å². The fourth-order valence-corrected chi connectivity index (χ4v) is 0.606. The maximum atomic E-state index is 10.1. The zero-order valence-electron chi connectivity index (χ0n) is 7.19. The Balaban J connectivity index is 0.000000252. The van der Waals surface area contributed by atoms with Crippen LogP contribution >= 0.6 is 0 Å². The van der Waals surface area contributed by atoms with Crippen LogP contribution in [-0.2, 0) is 9.59 Å². The van der Waals surface area contributed by atoms with E-state index in [1.165, 1.54) is 0 Å². The van der Waals surface area contributed by atoms with Gasteiger partial charge in [-0.2, -0.15) is 0 Å². The zero-order chi connectivity index (χ0) is 10.4. The van der Waals surface area contributed by atoms with Crippen molar-refractivity contribution in [2.75, 3.05) is 0 Å². The summed E-state index contributed by atoms with van der Waals surface area (Å²) >= 11 is 0. The van der Waals surface area contributed by atoms with Crippen molar-refractivity contribution in [1.82, 2.24) is 0 Å². The summed E-state index contributed by atoms with van der Waals surface area (Å²) < 4.78 is 0. The van der Waals surface area contributed by atoms with Crippen molar-refractivity contribution in [2.45, 2.75) is 12.8 Å². The molecule has 4 heteroatoms. The summed E-state index contributed by atoms with van der Waals surface area (Å²) in [6, 6.07) is 0. The molecule has 0 heterocycles. The number of rotatable bonds is 3. The van der Waals surface area contributed by atoms with Gasteiger partial charge in [0.05, 0.1) is 0 Å². The lowest BCUT2D eigenvalue weighted by molar-refractivity contribution is -0.133. The van der Waals surface area contributed by atoms with Crippen molar-refractivity contribution in [1.29, 1.82) is 0 Å². The lowest BCUT2D eigenvalue weighted by Crippen LogP contribution is -1.99. The van der Waals surface area contributed by atoms with Gasteiger partial charge in [0, 0.05) is 11.6 Å². The lowest BCUT2D eigenvalue weighted by Gasteiger charge is -1.90. The Labute approximate surface area is 76.2 Å². The molecule has 1 aliphatic carbocycles. The summed E-state index contributed by atoms with van der Waals surface area (Å²) in [6.45, 7) is 6.38. The van der Waals surface area contributed by atoms with Crippen LogP contribution in [0, 0.1) is 5.92 Å². The molecule has 0 unspecified atom stereocenters. The third-order valence-corrected chi connectivity index (χ3v) is 1.52. The number of hydrogen-bond donors (Lipinski definition) is 2. The third-order valence-electron chi connectivity index (χ3n) is 1.52. The minimum Gasteiger partial charge on any atom is -0.478 e. The standard InChI is InChI=1S/C6H8O2.C3H4O2/c1-4(6(7)8)5-2-3-5;1-2-3(4)5/h5H,1-3H2,(H,7,8);2H,1H2,(H,4,5). The van der Waals surface area contributed by atoms with Crippen molar-refractivity contribution < 1.29 is 19.8 Å². The number of carbonyl (C=O) groups is 2. The maximum absolute atomic E-state index is 10.1. The van der Waals surface area contributed by atoms with Crippen LogP contribution in [-0.4, -0.2) is 22.2 Å². The molecular formula is C9H12O4. The maximum Gasteiger partial charge on any atom is 0.331 e. The van der Waals surface area contributed by atoms with Gasteiger partial charge in [-0.3, -0.25) is 0 Å². The van der Waals surface area contributed by atoms with E-state index in [9.17, 15) is 9.59 Å². The minimum absolute atomic E-state index is 0.299. The van der Waals surface area contributed by atoms with E-state index in [1.807, 2.05) is 0 Å². The molecule has 0 spiro atoms. The summed E-state index contributed by atoms with van der Waals surface area (Å²) in [5.74, 6) is -1.52. The van der Waals surface area contributed by atoms with E-state index >= 15 is 0 Å². The van der Waals surface area contributed by atoms with Crippen molar-refractivity contribution in [3.63, 3.8) is 0 Å². The topological polar surface area (TPSA) is 74.6 Å². The Morgan fingerprint density at radius 1 is 1.31 bits per heavy atom. The van der Waals surface area contributed by atoms with Crippen molar-refractivity contribution >= 4 is 11.9 Å². The van der Waals surface area contributed by atoms with Gasteiger partial charge in [-0.1, -0.05) is 13.2 Å². The number of hydrogen-bond acceptors (Lipinski definition) is 2. The van der Waals surface area contributed by atoms with Crippen molar-refractivity contribution in [3.05, 3.63) is 24.8 Å². The highest BCUT2D eigenvalue weighted by Crippen LogP contribution is 2.35. The molecule has 0 aliphatic heterocycles. The molecule has 1 aliphatic rings. The molecule has 0 aromatic rings. The summed E-state index contributed by atoms with van der Waals surface area (Å²) in [4.78, 5) is 19.3. The van der Waals surface area contributed by atoms with Crippen LogP contribution in [0.4, 0.5) is 0 Å². The minimum atomic E-state index is -0.981. The van der Waals surface area contributed by atoms with E-state index in [1.54, 1.807) is 0 Å². The smallest absolute Gasteiger partial charge is 0.331 e. The molecule has 0 bridgehead atoms. The first kappa shape index (κ1) is 11.4. The molecule has 4 nitrogen and oxygen atoms in total. The molecule has 1 fully saturated rings. The first-order valence-corrected chi connectivity index (χ1v) is 3.76. The molecule has 0 atom stereocenters. The summed E-state index contributed by atoms with van der Waals surface area (Å²) in [5.41, 5.74) is 0.380. The van der Waals surface area contributed by atoms with Gasteiger partial charge in [-0.05, 0) is 18.8 Å². The third kappa shape index (κ3) is 5.66. The van der Waals surface area contributed by atoms with Crippen LogP contribution in [0.1, 0.15) is 12.8 Å². The van der Waals surface area contributed by atoms with Gasteiger partial charge in [0.2, 0.25) is 0 Å². The van der Waals surface area contributed by atoms with Crippen LogP contribution in [0.15, 0.2) is 24.8 Å². The molecule has 2 N–H and O–H groups in total. The lowest BCUT2D eigenvalue weighted by atomic mass is 10.2. The normalized spacial score (nSPS) is 13.5. The quantitative estimate of drug-likeness (QED) is 0.648. The Hall–Kier alpha value is -1.58. The van der Waals surface area contributed by atoms with Crippen LogP contribution in [0.25, 0.3) is 0 Å². The number of carboxylic acid groups (broad SMARTS) is 2. The van der Waals surface area contributed by atoms with Gasteiger partial charge >= 0.3 is 11.9 Å². The molecule has 0 amide bonds. The second-order valence-electron chi connectivity index (χ2n) is 2.65. The van der Waals surface area contributed by atoms with Crippen LogP contribution in [0.3, 0.4) is 0 Å². The van der Waals surface area contributed by atoms with Crippen LogP contribution in [0.5, 0.6) is 0 Å². The highest BCUT2D eigenvalue weighted by atomic mass is 16.4. The Morgan fingerprint density at radius 3 is 1.77 bits per heavy atom. The molecule has 1 saturated carbocycles. The Bertz CT molecular complexity index is 238. The molecule has 13 heavy (non-hydrogen) atoms. The summed E-state index contributed by atoms with van der Waals surface area (Å²) in [6.07, 6.45) is 2.87. The van der Waals surface area contributed by atoms with Gasteiger partial charge in [-0.15, -0.1) is 0 Å². The second kappa shape index (κ2) is 5.13. The van der Waals surface area contributed by atoms with E-state index in [0.717, 1.165) is 18.9 Å². The van der Waals surface area contributed by atoms with Gasteiger partial charge in [0.1, 0.15) is 0 Å². The van der Waals surface area contributed by atoms with E-state index in [2.05, 4.69) is 13.2 Å². The molecule has 0 saturated heterocycles. The fourth-order valence-electron chi connectivity index (χ4n) is 0.606. The number of aliphatic carboxylic acids is 2. The van der Waals surface area contributed by atoms with Gasteiger partial charge in [-0.25, -0.2) is 9.59 Å². The molecule has 0 aromatic heterocycles. The van der Waals surface area contributed by atoms with Crippen LogP contribution < -0.4 is 0 Å². The summed E-state index contributed by atoms with van der Waals surface area (Å²) in [7, 11) is 0. The second-order valence-corrected chi connectivity index (χ2v) is 2.65. The van der Waals surface area contributed by atoms with E-state index in [0.29, 0.717) is 11.5 Å². The monoisotopic (exact) mass is 184 g/mol. The Kier molecular flexibility index (Phi) is 4.51. The molecule has 1 rings (SSSR count).